The fraction of sp³-hybridized carbons (Fsp3) is 0.167. The summed E-state index contributed by atoms with van der Waals surface area (Å²) in [5.41, 5.74) is 0. The van der Waals surface area contributed by atoms with Gasteiger partial charge in [-0.1, -0.05) is 11.6 Å². The van der Waals surface area contributed by atoms with Crippen LogP contribution in [0.3, 0.4) is 0 Å². The van der Waals surface area contributed by atoms with Gasteiger partial charge < -0.3 is 4.74 Å². The SMILES string of the molecule is COc1ncc(Cl)c(I)c1F. The van der Waals surface area contributed by atoms with Crippen LogP contribution < -0.4 is 4.74 Å². The van der Waals surface area contributed by atoms with Crippen LogP contribution >= 0.6 is 34.2 Å². The number of methoxy groups -OCH3 is 1. The van der Waals surface area contributed by atoms with Gasteiger partial charge in [0.15, 0.2) is 5.82 Å². The molecule has 0 aliphatic heterocycles. The molecule has 0 N–H and O–H groups in total. The van der Waals surface area contributed by atoms with Crippen LogP contribution in [0, 0.1) is 9.39 Å². The Morgan fingerprint density at radius 3 is 2.91 bits per heavy atom. The summed E-state index contributed by atoms with van der Waals surface area (Å²) in [6.07, 6.45) is 1.35. The number of rotatable bonds is 1. The Balaban J connectivity index is 3.25. The van der Waals surface area contributed by atoms with Crippen molar-refractivity contribution >= 4 is 34.2 Å². The molecule has 0 spiro atoms. The third kappa shape index (κ3) is 1.73. The lowest BCUT2D eigenvalue weighted by molar-refractivity contribution is 0.367. The first-order chi connectivity index (χ1) is 5.16. The molecule has 2 nitrogen and oxygen atoms in total. The lowest BCUT2D eigenvalue weighted by Crippen LogP contribution is -1.94. The molecule has 0 aliphatic rings. The van der Waals surface area contributed by atoms with Crippen LogP contribution in [0.4, 0.5) is 4.39 Å². The first-order valence-electron chi connectivity index (χ1n) is 2.70. The molecule has 0 unspecified atom stereocenters. The van der Waals surface area contributed by atoms with Gasteiger partial charge in [-0.25, -0.2) is 4.98 Å². The van der Waals surface area contributed by atoms with Gasteiger partial charge in [-0.05, 0) is 22.6 Å². The largest absolute Gasteiger partial charge is 0.479 e. The molecule has 1 rings (SSSR count). The molecule has 0 saturated heterocycles. The third-order valence-corrected chi connectivity index (χ3v) is 2.74. The molecule has 0 bridgehead atoms. The van der Waals surface area contributed by atoms with Gasteiger partial charge in [0.05, 0.1) is 21.9 Å². The number of hydrogen-bond acceptors (Lipinski definition) is 2. The van der Waals surface area contributed by atoms with E-state index < -0.39 is 5.82 Å². The quantitative estimate of drug-likeness (QED) is 0.740. The van der Waals surface area contributed by atoms with Gasteiger partial charge in [-0.2, -0.15) is 4.39 Å². The lowest BCUT2D eigenvalue weighted by Gasteiger charge is -2.01. The van der Waals surface area contributed by atoms with Crippen molar-refractivity contribution < 1.29 is 9.13 Å². The first-order valence-corrected chi connectivity index (χ1v) is 4.16. The van der Waals surface area contributed by atoms with Gasteiger partial charge >= 0.3 is 0 Å². The maximum Gasteiger partial charge on any atom is 0.251 e. The molecule has 0 aliphatic carbocycles. The van der Waals surface area contributed by atoms with Gasteiger partial charge in [0, 0.05) is 0 Å². The molecule has 0 atom stereocenters. The zero-order valence-corrected chi connectivity index (χ0v) is 8.48. The minimum Gasteiger partial charge on any atom is -0.479 e. The zero-order chi connectivity index (χ0) is 8.43. The predicted octanol–water partition coefficient (Wildman–Crippen LogP) is 2.49. The number of pyridine rings is 1. The van der Waals surface area contributed by atoms with Gasteiger partial charge in [-0.3, -0.25) is 0 Å². The van der Waals surface area contributed by atoms with E-state index in [-0.39, 0.29) is 5.88 Å². The van der Waals surface area contributed by atoms with Crippen molar-refractivity contribution in [1.29, 1.82) is 0 Å². The van der Waals surface area contributed by atoms with Crippen LogP contribution in [-0.2, 0) is 0 Å². The van der Waals surface area contributed by atoms with E-state index in [0.29, 0.717) is 8.59 Å². The van der Waals surface area contributed by atoms with E-state index in [9.17, 15) is 4.39 Å². The lowest BCUT2D eigenvalue weighted by atomic mass is 10.5. The molecular weight excluding hydrogens is 283 g/mol. The highest BCUT2D eigenvalue weighted by atomic mass is 127. The molecule has 0 amide bonds. The Bertz CT molecular complexity index is 282. The highest BCUT2D eigenvalue weighted by Crippen LogP contribution is 2.25. The molecule has 0 fully saturated rings. The smallest absolute Gasteiger partial charge is 0.251 e. The first kappa shape index (κ1) is 8.99. The fourth-order valence-electron chi connectivity index (χ4n) is 0.570. The predicted molar refractivity (Wildman–Crippen MR) is 48.5 cm³/mol. The van der Waals surface area contributed by atoms with Crippen LogP contribution in [-0.4, -0.2) is 12.1 Å². The summed E-state index contributed by atoms with van der Waals surface area (Å²) in [4.78, 5) is 3.62. The summed E-state index contributed by atoms with van der Waals surface area (Å²) in [6.45, 7) is 0. The molecule has 0 aromatic carbocycles. The van der Waals surface area contributed by atoms with E-state index in [2.05, 4.69) is 9.72 Å². The topological polar surface area (TPSA) is 22.1 Å². The summed E-state index contributed by atoms with van der Waals surface area (Å²) < 4.78 is 17.9. The number of ether oxygens (including phenoxy) is 1. The van der Waals surface area contributed by atoms with E-state index in [4.69, 9.17) is 11.6 Å². The molecular formula is C6H4ClFINO. The van der Waals surface area contributed by atoms with Crippen LogP contribution in [0.1, 0.15) is 0 Å². The summed E-state index contributed by atoms with van der Waals surface area (Å²) in [5, 5.41) is 0.295. The normalized spacial score (nSPS) is 9.82. The number of nitrogens with zero attached hydrogens (tertiary/aromatic N) is 1. The van der Waals surface area contributed by atoms with E-state index in [1.165, 1.54) is 13.3 Å². The molecule has 1 aromatic heterocycles. The van der Waals surface area contributed by atoms with Crippen molar-refractivity contribution in [2.24, 2.45) is 0 Å². The van der Waals surface area contributed by atoms with Crippen LogP contribution in [0.2, 0.25) is 5.02 Å². The van der Waals surface area contributed by atoms with Gasteiger partial charge in [-0.15, -0.1) is 0 Å². The molecule has 1 aromatic rings. The van der Waals surface area contributed by atoms with Crippen molar-refractivity contribution in [1.82, 2.24) is 4.98 Å². The van der Waals surface area contributed by atoms with Crippen molar-refractivity contribution in [2.45, 2.75) is 0 Å². The maximum atomic E-state index is 13.0. The van der Waals surface area contributed by atoms with Crippen LogP contribution in [0.15, 0.2) is 6.20 Å². The van der Waals surface area contributed by atoms with E-state index in [0.717, 1.165) is 0 Å². The minimum atomic E-state index is -0.513. The Hall–Kier alpha value is -0.100. The second-order valence-electron chi connectivity index (χ2n) is 1.74. The molecule has 0 radical (unpaired) electrons. The standard InChI is InChI=1S/C6H4ClFINO/c1-11-6-4(8)5(9)3(7)2-10-6/h2H,1H3. The molecule has 60 valence electrons. The van der Waals surface area contributed by atoms with Gasteiger partial charge in [0.2, 0.25) is 0 Å². The summed E-state index contributed by atoms with van der Waals surface area (Å²) >= 11 is 7.37. The summed E-state index contributed by atoms with van der Waals surface area (Å²) in [7, 11) is 1.36. The van der Waals surface area contributed by atoms with Crippen LogP contribution in [0.5, 0.6) is 5.88 Å². The Morgan fingerprint density at radius 1 is 1.73 bits per heavy atom. The Morgan fingerprint density at radius 2 is 2.36 bits per heavy atom. The molecule has 0 saturated carbocycles. The number of halogens is 3. The zero-order valence-electron chi connectivity index (χ0n) is 5.57. The molecule has 11 heavy (non-hydrogen) atoms. The average molecular weight is 287 g/mol. The van der Waals surface area contributed by atoms with E-state index >= 15 is 0 Å². The summed E-state index contributed by atoms with van der Waals surface area (Å²) in [6, 6.07) is 0. The fourth-order valence-corrected chi connectivity index (χ4v) is 1.07. The number of aromatic nitrogens is 1. The second kappa shape index (κ2) is 3.53. The molecule has 5 heteroatoms. The number of hydrogen-bond donors (Lipinski definition) is 0. The van der Waals surface area contributed by atoms with Crippen molar-refractivity contribution in [3.63, 3.8) is 0 Å². The van der Waals surface area contributed by atoms with E-state index in [1.54, 1.807) is 22.6 Å². The van der Waals surface area contributed by atoms with Crippen molar-refractivity contribution in [3.8, 4) is 5.88 Å². The monoisotopic (exact) mass is 287 g/mol. The van der Waals surface area contributed by atoms with Gasteiger partial charge in [0.25, 0.3) is 5.88 Å². The minimum absolute atomic E-state index is 0.0289. The highest BCUT2D eigenvalue weighted by molar-refractivity contribution is 14.1. The maximum absolute atomic E-state index is 13.0. The Labute approximate surface area is 81.9 Å². The molecule has 1 heterocycles. The second-order valence-corrected chi connectivity index (χ2v) is 3.23. The van der Waals surface area contributed by atoms with E-state index in [1.807, 2.05) is 0 Å². The van der Waals surface area contributed by atoms with Gasteiger partial charge in [0.1, 0.15) is 0 Å². The van der Waals surface area contributed by atoms with Crippen molar-refractivity contribution in [2.75, 3.05) is 7.11 Å². The average Bonchev–Trinajstić information content (AvgIpc) is 2.01. The summed E-state index contributed by atoms with van der Waals surface area (Å²) in [5.74, 6) is -0.542. The third-order valence-electron chi connectivity index (χ3n) is 1.08. The van der Waals surface area contributed by atoms with Crippen LogP contribution in [0.25, 0.3) is 0 Å². The Kier molecular flexibility index (Phi) is 2.89. The van der Waals surface area contributed by atoms with Crippen molar-refractivity contribution in [3.05, 3.63) is 20.6 Å². The highest BCUT2D eigenvalue weighted by Gasteiger charge is 2.10.